The standard InChI is InChI=1S/C16H18N2O5S/c1-3-22-9-15(20)23-8-14(19)18-16-17-13(10-24-16)11-4-6-12(21-2)7-5-11/h4-7,10H,3,8-9H2,1-2H3,(H,17,18,19). The first-order valence-corrected chi connectivity index (χ1v) is 8.13. The second-order valence-electron chi connectivity index (χ2n) is 4.61. The largest absolute Gasteiger partial charge is 0.497 e. The van der Waals surface area contributed by atoms with Crippen LogP contribution in [-0.2, 0) is 19.1 Å². The van der Waals surface area contributed by atoms with Gasteiger partial charge in [0.25, 0.3) is 5.91 Å². The van der Waals surface area contributed by atoms with Gasteiger partial charge in [-0.3, -0.25) is 10.1 Å². The number of thiazole rings is 1. The normalized spacial score (nSPS) is 10.2. The Balaban J connectivity index is 1.86. The molecule has 0 unspecified atom stereocenters. The number of esters is 1. The zero-order valence-corrected chi connectivity index (χ0v) is 14.2. The van der Waals surface area contributed by atoms with Crippen LogP contribution in [-0.4, -0.2) is 43.8 Å². The SMILES string of the molecule is CCOCC(=O)OCC(=O)Nc1nc(-c2ccc(OC)cc2)cs1. The number of hydrogen-bond donors (Lipinski definition) is 1. The lowest BCUT2D eigenvalue weighted by atomic mass is 10.2. The van der Waals surface area contributed by atoms with Gasteiger partial charge in [0.15, 0.2) is 11.7 Å². The second-order valence-corrected chi connectivity index (χ2v) is 5.47. The highest BCUT2D eigenvalue weighted by molar-refractivity contribution is 7.14. The number of hydrogen-bond acceptors (Lipinski definition) is 7. The van der Waals surface area contributed by atoms with E-state index in [4.69, 9.17) is 14.2 Å². The molecular formula is C16H18N2O5S. The number of rotatable bonds is 8. The predicted molar refractivity (Wildman–Crippen MR) is 90.2 cm³/mol. The highest BCUT2D eigenvalue weighted by atomic mass is 32.1. The van der Waals surface area contributed by atoms with Crippen LogP contribution in [0.15, 0.2) is 29.6 Å². The first-order valence-electron chi connectivity index (χ1n) is 7.25. The zero-order chi connectivity index (χ0) is 17.4. The number of carbonyl (C=O) groups excluding carboxylic acids is 2. The lowest BCUT2D eigenvalue weighted by molar-refractivity contribution is -0.151. The molecule has 0 fully saturated rings. The molecule has 1 N–H and O–H groups in total. The molecule has 0 aliphatic carbocycles. The molecule has 0 saturated carbocycles. The van der Waals surface area contributed by atoms with Gasteiger partial charge in [0.05, 0.1) is 12.8 Å². The summed E-state index contributed by atoms with van der Waals surface area (Å²) in [4.78, 5) is 27.3. The van der Waals surface area contributed by atoms with E-state index in [-0.39, 0.29) is 13.2 Å². The van der Waals surface area contributed by atoms with E-state index in [9.17, 15) is 9.59 Å². The molecule has 8 heteroatoms. The summed E-state index contributed by atoms with van der Waals surface area (Å²) >= 11 is 1.29. The topological polar surface area (TPSA) is 86.8 Å². The van der Waals surface area contributed by atoms with Crippen LogP contribution in [0.5, 0.6) is 5.75 Å². The molecule has 1 amide bonds. The van der Waals surface area contributed by atoms with Crippen LogP contribution in [0.1, 0.15) is 6.92 Å². The van der Waals surface area contributed by atoms with Gasteiger partial charge in [-0.15, -0.1) is 11.3 Å². The molecule has 0 aliphatic heterocycles. The Hall–Kier alpha value is -2.45. The molecule has 0 atom stereocenters. The molecular weight excluding hydrogens is 332 g/mol. The summed E-state index contributed by atoms with van der Waals surface area (Å²) in [5.74, 6) is -0.267. The van der Waals surface area contributed by atoms with Gasteiger partial charge in [0.1, 0.15) is 12.4 Å². The molecule has 2 aromatic rings. The third-order valence-electron chi connectivity index (χ3n) is 2.92. The van der Waals surface area contributed by atoms with Crippen LogP contribution in [0.3, 0.4) is 0 Å². The predicted octanol–water partition coefficient (Wildman–Crippen LogP) is 2.34. The molecule has 7 nitrogen and oxygen atoms in total. The average molecular weight is 350 g/mol. The van der Waals surface area contributed by atoms with Crippen molar-refractivity contribution < 1.29 is 23.8 Å². The van der Waals surface area contributed by atoms with E-state index in [2.05, 4.69) is 10.3 Å². The quantitative estimate of drug-likeness (QED) is 0.736. The number of methoxy groups -OCH3 is 1. The first kappa shape index (κ1) is 17.9. The van der Waals surface area contributed by atoms with Gasteiger partial charge in [-0.05, 0) is 31.2 Å². The Morgan fingerprint density at radius 3 is 2.62 bits per heavy atom. The monoisotopic (exact) mass is 350 g/mol. The van der Waals surface area contributed by atoms with E-state index >= 15 is 0 Å². The van der Waals surface area contributed by atoms with Crippen LogP contribution in [0.4, 0.5) is 5.13 Å². The van der Waals surface area contributed by atoms with Gasteiger partial charge in [-0.25, -0.2) is 9.78 Å². The molecule has 0 aliphatic rings. The number of ether oxygens (including phenoxy) is 3. The summed E-state index contributed by atoms with van der Waals surface area (Å²) in [5.41, 5.74) is 1.65. The van der Waals surface area contributed by atoms with Crippen molar-refractivity contribution in [2.45, 2.75) is 6.92 Å². The molecule has 0 saturated heterocycles. The van der Waals surface area contributed by atoms with Crippen LogP contribution in [0, 0.1) is 0 Å². The third-order valence-corrected chi connectivity index (χ3v) is 3.68. The van der Waals surface area contributed by atoms with E-state index in [1.165, 1.54) is 11.3 Å². The molecule has 0 radical (unpaired) electrons. The fraction of sp³-hybridized carbons (Fsp3) is 0.312. The molecule has 24 heavy (non-hydrogen) atoms. The molecule has 128 valence electrons. The molecule has 1 aromatic carbocycles. The zero-order valence-electron chi connectivity index (χ0n) is 13.4. The minimum atomic E-state index is -0.579. The Bertz CT molecular complexity index is 684. The fourth-order valence-electron chi connectivity index (χ4n) is 1.75. The number of anilines is 1. The summed E-state index contributed by atoms with van der Waals surface area (Å²) < 4.78 is 14.8. The molecule has 2 rings (SSSR count). The lowest BCUT2D eigenvalue weighted by Gasteiger charge is -2.04. The number of nitrogens with zero attached hydrogens (tertiary/aromatic N) is 1. The van der Waals surface area contributed by atoms with E-state index in [1.54, 1.807) is 14.0 Å². The van der Waals surface area contributed by atoms with Crippen molar-refractivity contribution in [3.05, 3.63) is 29.6 Å². The number of benzene rings is 1. The summed E-state index contributed by atoms with van der Waals surface area (Å²) in [6.45, 7) is 1.64. The number of nitrogens with one attached hydrogen (secondary N) is 1. The Kier molecular flexibility index (Phi) is 6.71. The number of aromatic nitrogens is 1. The minimum absolute atomic E-state index is 0.164. The Labute approximate surface area is 143 Å². The van der Waals surface area contributed by atoms with Gasteiger partial charge >= 0.3 is 5.97 Å². The van der Waals surface area contributed by atoms with Gasteiger partial charge in [0, 0.05) is 17.6 Å². The summed E-state index contributed by atoms with van der Waals surface area (Å²) in [6, 6.07) is 7.44. The summed E-state index contributed by atoms with van der Waals surface area (Å²) in [5, 5.41) is 4.86. The van der Waals surface area contributed by atoms with Crippen LogP contribution >= 0.6 is 11.3 Å². The van der Waals surface area contributed by atoms with E-state index in [1.807, 2.05) is 29.6 Å². The minimum Gasteiger partial charge on any atom is -0.497 e. The van der Waals surface area contributed by atoms with Crippen LogP contribution < -0.4 is 10.1 Å². The van der Waals surface area contributed by atoms with Gasteiger partial charge < -0.3 is 14.2 Å². The molecule has 0 spiro atoms. The van der Waals surface area contributed by atoms with E-state index in [0.29, 0.717) is 11.7 Å². The van der Waals surface area contributed by atoms with Crippen molar-refractivity contribution in [1.82, 2.24) is 4.98 Å². The van der Waals surface area contributed by atoms with Crippen molar-refractivity contribution in [3.8, 4) is 17.0 Å². The second kappa shape index (κ2) is 8.99. The van der Waals surface area contributed by atoms with Crippen LogP contribution in [0.2, 0.25) is 0 Å². The molecule has 0 bridgehead atoms. The lowest BCUT2D eigenvalue weighted by Crippen LogP contribution is -2.22. The number of amides is 1. The average Bonchev–Trinajstić information content (AvgIpc) is 3.06. The first-order chi connectivity index (χ1) is 11.6. The maximum Gasteiger partial charge on any atom is 0.332 e. The maximum absolute atomic E-state index is 11.7. The molecule has 1 aromatic heterocycles. The van der Waals surface area contributed by atoms with Crippen molar-refractivity contribution >= 4 is 28.3 Å². The van der Waals surface area contributed by atoms with Crippen molar-refractivity contribution in [2.75, 3.05) is 32.2 Å². The van der Waals surface area contributed by atoms with Crippen LogP contribution in [0.25, 0.3) is 11.3 Å². The fourth-order valence-corrected chi connectivity index (χ4v) is 2.49. The van der Waals surface area contributed by atoms with Gasteiger partial charge in [-0.1, -0.05) is 0 Å². The van der Waals surface area contributed by atoms with E-state index in [0.717, 1.165) is 17.0 Å². The van der Waals surface area contributed by atoms with Gasteiger partial charge in [0.2, 0.25) is 0 Å². The van der Waals surface area contributed by atoms with Gasteiger partial charge in [-0.2, -0.15) is 0 Å². The smallest absolute Gasteiger partial charge is 0.332 e. The Morgan fingerprint density at radius 2 is 1.96 bits per heavy atom. The number of carbonyl (C=O) groups is 2. The maximum atomic E-state index is 11.7. The highest BCUT2D eigenvalue weighted by Gasteiger charge is 2.11. The van der Waals surface area contributed by atoms with Crippen molar-refractivity contribution in [2.24, 2.45) is 0 Å². The third kappa shape index (κ3) is 5.32. The summed E-state index contributed by atoms with van der Waals surface area (Å²) in [6.07, 6.45) is 0. The Morgan fingerprint density at radius 1 is 1.21 bits per heavy atom. The summed E-state index contributed by atoms with van der Waals surface area (Å²) in [7, 11) is 1.60. The van der Waals surface area contributed by atoms with E-state index < -0.39 is 11.9 Å². The van der Waals surface area contributed by atoms with Crippen molar-refractivity contribution in [1.29, 1.82) is 0 Å². The highest BCUT2D eigenvalue weighted by Crippen LogP contribution is 2.26. The molecule has 1 heterocycles. The van der Waals surface area contributed by atoms with Crippen molar-refractivity contribution in [3.63, 3.8) is 0 Å².